The molecule has 3 rings (SSSR count). The maximum atomic E-state index is 12.5. The van der Waals surface area contributed by atoms with Crippen molar-refractivity contribution in [3.05, 3.63) is 69.2 Å². The van der Waals surface area contributed by atoms with Gasteiger partial charge >= 0.3 is 0 Å². The highest BCUT2D eigenvalue weighted by Crippen LogP contribution is 2.14. The molecule has 0 spiro atoms. The Hall–Kier alpha value is -2.38. The SMILES string of the molecule is O=C(NCC(=O)N1CCN(C(=O)c2ccc(Cl)cc2)CC1)c1cccc(Br)c1. The van der Waals surface area contributed by atoms with Crippen molar-refractivity contribution in [2.24, 2.45) is 0 Å². The first-order valence-corrected chi connectivity index (χ1v) is 9.97. The van der Waals surface area contributed by atoms with Crippen molar-refractivity contribution in [1.82, 2.24) is 15.1 Å². The van der Waals surface area contributed by atoms with Gasteiger partial charge in [-0.15, -0.1) is 0 Å². The summed E-state index contributed by atoms with van der Waals surface area (Å²) in [5, 5.41) is 3.22. The van der Waals surface area contributed by atoms with Crippen LogP contribution in [0.1, 0.15) is 20.7 Å². The third-order valence-electron chi connectivity index (χ3n) is 4.50. The highest BCUT2D eigenvalue weighted by molar-refractivity contribution is 9.10. The lowest BCUT2D eigenvalue weighted by atomic mass is 10.2. The van der Waals surface area contributed by atoms with E-state index in [0.717, 1.165) is 4.47 Å². The molecule has 146 valence electrons. The zero-order valence-corrected chi connectivity index (χ0v) is 17.4. The van der Waals surface area contributed by atoms with Crippen molar-refractivity contribution in [1.29, 1.82) is 0 Å². The van der Waals surface area contributed by atoms with Crippen LogP contribution in [0, 0.1) is 0 Å². The molecule has 8 heteroatoms. The van der Waals surface area contributed by atoms with Crippen LogP contribution in [0.3, 0.4) is 0 Å². The van der Waals surface area contributed by atoms with Crippen LogP contribution in [0.2, 0.25) is 5.02 Å². The predicted octanol–water partition coefficient (Wildman–Crippen LogP) is 2.82. The second kappa shape index (κ2) is 9.21. The molecule has 2 aromatic rings. The lowest BCUT2D eigenvalue weighted by Gasteiger charge is -2.34. The Morgan fingerprint density at radius 1 is 0.929 bits per heavy atom. The molecule has 1 aliphatic rings. The quantitative estimate of drug-likeness (QED) is 0.756. The molecular formula is C20H19BrClN3O3. The Kier molecular flexibility index (Phi) is 6.70. The van der Waals surface area contributed by atoms with E-state index in [4.69, 9.17) is 11.6 Å². The van der Waals surface area contributed by atoms with Crippen LogP contribution in [0.5, 0.6) is 0 Å². The number of benzene rings is 2. The van der Waals surface area contributed by atoms with Crippen LogP contribution >= 0.6 is 27.5 Å². The summed E-state index contributed by atoms with van der Waals surface area (Å²) in [4.78, 5) is 40.4. The summed E-state index contributed by atoms with van der Waals surface area (Å²) in [6.07, 6.45) is 0. The molecule has 1 heterocycles. The van der Waals surface area contributed by atoms with Crippen molar-refractivity contribution in [3.8, 4) is 0 Å². The van der Waals surface area contributed by atoms with Crippen LogP contribution < -0.4 is 5.32 Å². The molecule has 1 aliphatic heterocycles. The molecule has 1 N–H and O–H groups in total. The molecular weight excluding hydrogens is 446 g/mol. The molecule has 1 saturated heterocycles. The minimum atomic E-state index is -0.300. The Morgan fingerprint density at radius 3 is 2.21 bits per heavy atom. The highest BCUT2D eigenvalue weighted by Gasteiger charge is 2.25. The zero-order chi connectivity index (χ0) is 20.1. The number of nitrogens with one attached hydrogen (secondary N) is 1. The van der Waals surface area contributed by atoms with E-state index in [-0.39, 0.29) is 24.3 Å². The summed E-state index contributed by atoms with van der Waals surface area (Å²) in [5.41, 5.74) is 1.06. The molecule has 3 amide bonds. The summed E-state index contributed by atoms with van der Waals surface area (Å²) in [5.74, 6) is -0.542. The fraction of sp³-hybridized carbons (Fsp3) is 0.250. The van der Waals surface area contributed by atoms with Crippen molar-refractivity contribution < 1.29 is 14.4 Å². The summed E-state index contributed by atoms with van der Waals surface area (Å²) >= 11 is 9.17. The van der Waals surface area contributed by atoms with E-state index in [9.17, 15) is 14.4 Å². The van der Waals surface area contributed by atoms with Gasteiger partial charge in [0.05, 0.1) is 6.54 Å². The number of amides is 3. The molecule has 28 heavy (non-hydrogen) atoms. The first kappa shape index (κ1) is 20.4. The highest BCUT2D eigenvalue weighted by atomic mass is 79.9. The monoisotopic (exact) mass is 463 g/mol. The molecule has 1 fully saturated rings. The average Bonchev–Trinajstić information content (AvgIpc) is 2.72. The maximum absolute atomic E-state index is 12.5. The van der Waals surface area contributed by atoms with E-state index < -0.39 is 0 Å². The van der Waals surface area contributed by atoms with Gasteiger partial charge in [-0.3, -0.25) is 14.4 Å². The van der Waals surface area contributed by atoms with Gasteiger partial charge < -0.3 is 15.1 Å². The summed E-state index contributed by atoms with van der Waals surface area (Å²) in [6, 6.07) is 13.7. The number of carbonyl (C=O) groups is 3. The van der Waals surface area contributed by atoms with Gasteiger partial charge in [0.25, 0.3) is 11.8 Å². The standard InChI is InChI=1S/C20H19BrClN3O3/c21-16-3-1-2-15(12-16)19(27)23-13-18(26)24-8-10-25(11-9-24)20(28)14-4-6-17(22)7-5-14/h1-7,12H,8-11,13H2,(H,23,27). The smallest absolute Gasteiger partial charge is 0.253 e. The molecule has 0 aromatic heterocycles. The Balaban J connectivity index is 1.47. The summed E-state index contributed by atoms with van der Waals surface area (Å²) in [6.45, 7) is 1.70. The third-order valence-corrected chi connectivity index (χ3v) is 5.24. The minimum Gasteiger partial charge on any atom is -0.343 e. The van der Waals surface area contributed by atoms with E-state index >= 15 is 0 Å². The van der Waals surface area contributed by atoms with Crippen LogP contribution in [-0.2, 0) is 4.79 Å². The molecule has 0 unspecified atom stereocenters. The van der Waals surface area contributed by atoms with Crippen molar-refractivity contribution in [3.63, 3.8) is 0 Å². The number of hydrogen-bond acceptors (Lipinski definition) is 3. The van der Waals surface area contributed by atoms with E-state index in [1.54, 1.807) is 52.3 Å². The first-order valence-electron chi connectivity index (χ1n) is 8.80. The number of rotatable bonds is 4. The van der Waals surface area contributed by atoms with E-state index in [2.05, 4.69) is 21.2 Å². The summed E-state index contributed by atoms with van der Waals surface area (Å²) in [7, 11) is 0. The minimum absolute atomic E-state index is 0.0729. The zero-order valence-electron chi connectivity index (χ0n) is 15.0. The van der Waals surface area contributed by atoms with Gasteiger partial charge in [0.1, 0.15) is 0 Å². The van der Waals surface area contributed by atoms with Gasteiger partial charge in [0.15, 0.2) is 0 Å². The Morgan fingerprint density at radius 2 is 1.57 bits per heavy atom. The van der Waals surface area contributed by atoms with E-state index in [1.165, 1.54) is 0 Å². The van der Waals surface area contributed by atoms with Gasteiger partial charge in [-0.2, -0.15) is 0 Å². The van der Waals surface area contributed by atoms with Crippen LogP contribution in [-0.4, -0.2) is 60.2 Å². The first-order chi connectivity index (χ1) is 13.4. The molecule has 0 aliphatic carbocycles. The molecule has 0 radical (unpaired) electrons. The molecule has 0 saturated carbocycles. The van der Waals surface area contributed by atoms with Crippen molar-refractivity contribution in [2.45, 2.75) is 0 Å². The maximum Gasteiger partial charge on any atom is 0.253 e. The average molecular weight is 465 g/mol. The second-order valence-corrected chi connectivity index (χ2v) is 7.73. The second-order valence-electron chi connectivity index (χ2n) is 6.37. The fourth-order valence-electron chi connectivity index (χ4n) is 2.93. The number of nitrogens with zero attached hydrogens (tertiary/aromatic N) is 2. The van der Waals surface area contributed by atoms with Gasteiger partial charge in [-0.25, -0.2) is 0 Å². The number of piperazine rings is 1. The normalized spacial score (nSPS) is 13.9. The largest absolute Gasteiger partial charge is 0.343 e. The van der Waals surface area contributed by atoms with Gasteiger partial charge in [0.2, 0.25) is 5.91 Å². The lowest BCUT2D eigenvalue weighted by molar-refractivity contribution is -0.131. The number of carbonyl (C=O) groups excluding carboxylic acids is 3. The lowest BCUT2D eigenvalue weighted by Crippen LogP contribution is -2.52. The van der Waals surface area contributed by atoms with Gasteiger partial charge in [0, 0.05) is 46.8 Å². The van der Waals surface area contributed by atoms with Crippen LogP contribution in [0.4, 0.5) is 0 Å². The molecule has 0 atom stereocenters. The van der Waals surface area contributed by atoms with E-state index in [0.29, 0.717) is 42.3 Å². The molecule has 6 nitrogen and oxygen atoms in total. The predicted molar refractivity (Wildman–Crippen MR) is 110 cm³/mol. The number of halogens is 2. The number of hydrogen-bond donors (Lipinski definition) is 1. The Labute approximate surface area is 176 Å². The topological polar surface area (TPSA) is 69.7 Å². The van der Waals surface area contributed by atoms with Gasteiger partial charge in [-0.05, 0) is 42.5 Å². The summed E-state index contributed by atoms with van der Waals surface area (Å²) < 4.78 is 0.799. The Bertz CT molecular complexity index is 881. The third kappa shape index (κ3) is 5.11. The van der Waals surface area contributed by atoms with E-state index in [1.807, 2.05) is 6.07 Å². The van der Waals surface area contributed by atoms with Crippen LogP contribution in [0.15, 0.2) is 53.0 Å². The van der Waals surface area contributed by atoms with Gasteiger partial charge in [-0.1, -0.05) is 33.6 Å². The fourth-order valence-corrected chi connectivity index (χ4v) is 3.46. The van der Waals surface area contributed by atoms with Crippen LogP contribution in [0.25, 0.3) is 0 Å². The molecule has 2 aromatic carbocycles. The van der Waals surface area contributed by atoms with Crippen molar-refractivity contribution >= 4 is 45.3 Å². The molecule has 0 bridgehead atoms. The van der Waals surface area contributed by atoms with Crippen molar-refractivity contribution in [2.75, 3.05) is 32.7 Å².